The number of aliphatic hydroxyl groups is 1. The number of halogens is 2. The fraction of sp³-hybridized carbons (Fsp3) is 0.300. The average Bonchev–Trinajstić information content (AvgIpc) is 2.25. The van der Waals surface area contributed by atoms with Crippen molar-refractivity contribution in [1.82, 2.24) is 0 Å². The number of rotatable bonds is 5. The van der Waals surface area contributed by atoms with E-state index in [9.17, 15) is 14.3 Å². The van der Waals surface area contributed by atoms with E-state index in [1.165, 1.54) is 12.1 Å². The Balaban J connectivity index is 2.76. The number of amides is 1. The van der Waals surface area contributed by atoms with Crippen molar-refractivity contribution < 1.29 is 14.3 Å². The Morgan fingerprint density at radius 2 is 2.25 bits per heavy atom. The topological polar surface area (TPSA) is 75.4 Å². The molecule has 16 heavy (non-hydrogen) atoms. The van der Waals surface area contributed by atoms with E-state index in [2.05, 4.69) is 5.32 Å². The van der Waals surface area contributed by atoms with Crippen LogP contribution in [-0.2, 0) is 0 Å². The second-order valence-corrected chi connectivity index (χ2v) is 3.59. The summed E-state index contributed by atoms with van der Waals surface area (Å²) in [5.74, 6) is -1.20. The normalized spacial score (nSPS) is 12.2. The maximum atomic E-state index is 13.1. The van der Waals surface area contributed by atoms with Gasteiger partial charge in [0, 0.05) is 17.8 Å². The highest BCUT2D eigenvalue weighted by molar-refractivity contribution is 6.18. The molecule has 0 aliphatic heterocycles. The number of hydrogen-bond donors (Lipinski definition) is 3. The van der Waals surface area contributed by atoms with Crippen LogP contribution in [-0.4, -0.2) is 29.5 Å². The van der Waals surface area contributed by atoms with Crippen LogP contribution in [0.5, 0.6) is 0 Å². The summed E-state index contributed by atoms with van der Waals surface area (Å²) in [6.07, 6.45) is -0.734. The van der Waals surface area contributed by atoms with E-state index in [4.69, 9.17) is 17.3 Å². The molecule has 0 saturated carbocycles. The van der Waals surface area contributed by atoms with E-state index in [1.54, 1.807) is 0 Å². The highest BCUT2D eigenvalue weighted by Gasteiger charge is 2.06. The molecule has 0 saturated heterocycles. The van der Waals surface area contributed by atoms with Crippen LogP contribution in [0, 0.1) is 5.82 Å². The number of nitrogens with one attached hydrogen (secondary N) is 1. The summed E-state index contributed by atoms with van der Waals surface area (Å²) in [7, 11) is 0. The summed E-state index contributed by atoms with van der Waals surface area (Å²) < 4.78 is 13.1. The van der Waals surface area contributed by atoms with Crippen LogP contribution in [0.1, 0.15) is 10.4 Å². The molecule has 1 aromatic carbocycles. The quantitative estimate of drug-likeness (QED) is 0.677. The molecule has 0 heterocycles. The van der Waals surface area contributed by atoms with Gasteiger partial charge in [-0.25, -0.2) is 4.39 Å². The molecule has 0 spiro atoms. The molecule has 1 aromatic rings. The van der Waals surface area contributed by atoms with Gasteiger partial charge < -0.3 is 16.2 Å². The number of carbonyl (C=O) groups excluding carboxylic acids is 1. The average molecular weight is 247 g/mol. The molecule has 1 atom stereocenters. The lowest BCUT2D eigenvalue weighted by molar-refractivity contribution is 0.1000. The van der Waals surface area contributed by atoms with Crippen LogP contribution in [0.25, 0.3) is 0 Å². The third-order valence-electron chi connectivity index (χ3n) is 1.90. The van der Waals surface area contributed by atoms with Crippen molar-refractivity contribution in [2.75, 3.05) is 17.7 Å². The molecule has 0 aliphatic carbocycles. The number of hydrogen-bond acceptors (Lipinski definition) is 3. The third kappa shape index (κ3) is 3.67. The molecular formula is C10H12ClFN2O2. The maximum absolute atomic E-state index is 13.1. The summed E-state index contributed by atoms with van der Waals surface area (Å²) in [5, 5.41) is 11.9. The molecule has 0 aliphatic rings. The number of primary amides is 1. The summed E-state index contributed by atoms with van der Waals surface area (Å²) >= 11 is 5.39. The van der Waals surface area contributed by atoms with Gasteiger partial charge in [0.1, 0.15) is 5.82 Å². The standard InChI is InChI=1S/C10H12ClFN2O2/c11-4-9(15)5-14-8-2-6(10(13)16)1-7(12)3-8/h1-3,9,14-15H,4-5H2,(H2,13,16). The first kappa shape index (κ1) is 12.7. The van der Waals surface area contributed by atoms with Crippen molar-refractivity contribution in [1.29, 1.82) is 0 Å². The van der Waals surface area contributed by atoms with E-state index in [-0.39, 0.29) is 18.0 Å². The molecular weight excluding hydrogens is 235 g/mol. The SMILES string of the molecule is NC(=O)c1cc(F)cc(NCC(O)CCl)c1. The predicted molar refractivity (Wildman–Crippen MR) is 60.1 cm³/mol. The number of carbonyl (C=O) groups is 1. The van der Waals surface area contributed by atoms with Gasteiger partial charge in [-0.15, -0.1) is 11.6 Å². The first-order valence-corrected chi connectivity index (χ1v) is 5.14. The number of anilines is 1. The fourth-order valence-electron chi connectivity index (χ4n) is 1.12. The van der Waals surface area contributed by atoms with Crippen molar-refractivity contribution in [2.45, 2.75) is 6.10 Å². The minimum absolute atomic E-state index is 0.0721. The Morgan fingerprint density at radius 3 is 2.81 bits per heavy atom. The van der Waals surface area contributed by atoms with Gasteiger partial charge in [-0.3, -0.25) is 4.79 Å². The van der Waals surface area contributed by atoms with Crippen molar-refractivity contribution in [2.24, 2.45) is 5.73 Å². The number of benzene rings is 1. The molecule has 0 fully saturated rings. The van der Waals surface area contributed by atoms with Gasteiger partial charge in [0.05, 0.1) is 12.0 Å². The second kappa shape index (κ2) is 5.67. The van der Waals surface area contributed by atoms with Crippen LogP contribution in [0.4, 0.5) is 10.1 Å². The van der Waals surface area contributed by atoms with Gasteiger partial charge in [0.25, 0.3) is 0 Å². The van der Waals surface area contributed by atoms with Crippen molar-refractivity contribution in [3.05, 3.63) is 29.6 Å². The van der Waals surface area contributed by atoms with Gasteiger partial charge in [-0.1, -0.05) is 0 Å². The number of alkyl halides is 1. The molecule has 1 amide bonds. The van der Waals surface area contributed by atoms with E-state index in [0.29, 0.717) is 5.69 Å². The lowest BCUT2D eigenvalue weighted by atomic mass is 10.2. The zero-order chi connectivity index (χ0) is 12.1. The molecule has 0 radical (unpaired) electrons. The lowest BCUT2D eigenvalue weighted by Gasteiger charge is -2.10. The van der Waals surface area contributed by atoms with E-state index >= 15 is 0 Å². The van der Waals surface area contributed by atoms with Crippen LogP contribution >= 0.6 is 11.6 Å². The minimum Gasteiger partial charge on any atom is -0.390 e. The van der Waals surface area contributed by atoms with Crippen LogP contribution in [0.3, 0.4) is 0 Å². The van der Waals surface area contributed by atoms with Crippen molar-refractivity contribution >= 4 is 23.2 Å². The third-order valence-corrected chi connectivity index (χ3v) is 2.26. The molecule has 1 rings (SSSR count). The largest absolute Gasteiger partial charge is 0.390 e. The summed E-state index contributed by atoms with van der Waals surface area (Å²) in [6.45, 7) is 0.172. The van der Waals surface area contributed by atoms with E-state index in [1.807, 2.05) is 0 Å². The molecule has 4 N–H and O–H groups in total. The van der Waals surface area contributed by atoms with E-state index < -0.39 is 17.8 Å². The first-order chi connectivity index (χ1) is 7.52. The summed E-state index contributed by atoms with van der Waals surface area (Å²) in [6, 6.07) is 3.66. The van der Waals surface area contributed by atoms with Gasteiger partial charge >= 0.3 is 0 Å². The Kier molecular flexibility index (Phi) is 4.52. The zero-order valence-corrected chi connectivity index (χ0v) is 9.17. The smallest absolute Gasteiger partial charge is 0.248 e. The fourth-order valence-corrected chi connectivity index (χ4v) is 1.23. The minimum atomic E-state index is -0.734. The number of nitrogens with two attached hydrogens (primary N) is 1. The summed E-state index contributed by atoms with van der Waals surface area (Å²) in [4.78, 5) is 10.9. The highest BCUT2D eigenvalue weighted by Crippen LogP contribution is 2.13. The van der Waals surface area contributed by atoms with Gasteiger partial charge in [0.15, 0.2) is 0 Å². The molecule has 88 valence electrons. The molecule has 1 unspecified atom stereocenters. The van der Waals surface area contributed by atoms with Crippen LogP contribution < -0.4 is 11.1 Å². The zero-order valence-electron chi connectivity index (χ0n) is 8.41. The van der Waals surface area contributed by atoms with Gasteiger partial charge in [-0.2, -0.15) is 0 Å². The summed E-state index contributed by atoms with van der Waals surface area (Å²) in [5.41, 5.74) is 5.47. The Labute approximate surface area is 97.2 Å². The second-order valence-electron chi connectivity index (χ2n) is 3.28. The molecule has 0 bridgehead atoms. The maximum Gasteiger partial charge on any atom is 0.248 e. The Morgan fingerprint density at radius 1 is 1.56 bits per heavy atom. The lowest BCUT2D eigenvalue weighted by Crippen LogP contribution is -2.21. The molecule has 4 nitrogen and oxygen atoms in total. The molecule has 6 heteroatoms. The van der Waals surface area contributed by atoms with Gasteiger partial charge in [-0.05, 0) is 18.2 Å². The van der Waals surface area contributed by atoms with Crippen molar-refractivity contribution in [3.63, 3.8) is 0 Å². The van der Waals surface area contributed by atoms with Crippen molar-refractivity contribution in [3.8, 4) is 0 Å². The first-order valence-electron chi connectivity index (χ1n) is 4.61. The highest BCUT2D eigenvalue weighted by atomic mass is 35.5. The predicted octanol–water partition coefficient (Wildman–Crippen LogP) is 0.936. The van der Waals surface area contributed by atoms with Gasteiger partial charge in [0.2, 0.25) is 5.91 Å². The number of aliphatic hydroxyl groups excluding tert-OH is 1. The Bertz CT molecular complexity index is 387. The van der Waals surface area contributed by atoms with Crippen LogP contribution in [0.2, 0.25) is 0 Å². The molecule has 0 aromatic heterocycles. The monoisotopic (exact) mass is 246 g/mol. The Hall–Kier alpha value is -1.33. The van der Waals surface area contributed by atoms with E-state index in [0.717, 1.165) is 6.07 Å². The van der Waals surface area contributed by atoms with Crippen LogP contribution in [0.15, 0.2) is 18.2 Å².